The molecule has 4 heteroatoms. The van der Waals surface area contributed by atoms with Gasteiger partial charge in [0, 0.05) is 25.7 Å². The van der Waals surface area contributed by atoms with Gasteiger partial charge >= 0.3 is 0 Å². The highest BCUT2D eigenvalue weighted by atomic mass is 16.5. The SMILES string of the molecule is CCC(N)Cc1ccc(OCCc2cnn(C)c2)cc1. The molecule has 0 radical (unpaired) electrons. The largest absolute Gasteiger partial charge is 0.493 e. The Bertz CT molecular complexity index is 519. The molecule has 1 heterocycles. The van der Waals surface area contributed by atoms with Crippen molar-refractivity contribution in [2.45, 2.75) is 32.2 Å². The molecule has 0 aliphatic rings. The number of benzene rings is 1. The highest BCUT2D eigenvalue weighted by Crippen LogP contribution is 2.14. The van der Waals surface area contributed by atoms with Crippen molar-refractivity contribution in [3.05, 3.63) is 47.8 Å². The summed E-state index contributed by atoms with van der Waals surface area (Å²) in [5, 5.41) is 4.14. The van der Waals surface area contributed by atoms with E-state index < -0.39 is 0 Å². The second-order valence-electron chi connectivity index (χ2n) is 5.14. The van der Waals surface area contributed by atoms with Crippen LogP contribution in [-0.4, -0.2) is 22.4 Å². The number of rotatable bonds is 7. The summed E-state index contributed by atoms with van der Waals surface area (Å²) >= 11 is 0. The molecule has 0 saturated carbocycles. The molecule has 0 saturated heterocycles. The van der Waals surface area contributed by atoms with E-state index in [-0.39, 0.29) is 6.04 Å². The lowest BCUT2D eigenvalue weighted by atomic mass is 10.0. The molecule has 0 fully saturated rings. The topological polar surface area (TPSA) is 53.1 Å². The highest BCUT2D eigenvalue weighted by molar-refractivity contribution is 5.27. The Kier molecular flexibility index (Phi) is 5.18. The summed E-state index contributed by atoms with van der Waals surface area (Å²) in [4.78, 5) is 0. The van der Waals surface area contributed by atoms with E-state index in [4.69, 9.17) is 10.5 Å². The average Bonchev–Trinajstić information content (AvgIpc) is 2.86. The van der Waals surface area contributed by atoms with Gasteiger partial charge < -0.3 is 10.5 Å². The van der Waals surface area contributed by atoms with Gasteiger partial charge in [0.25, 0.3) is 0 Å². The monoisotopic (exact) mass is 273 g/mol. The maximum atomic E-state index is 5.95. The quantitative estimate of drug-likeness (QED) is 0.842. The van der Waals surface area contributed by atoms with Crippen LogP contribution in [0.2, 0.25) is 0 Å². The van der Waals surface area contributed by atoms with Gasteiger partial charge in [0.05, 0.1) is 12.8 Å². The minimum Gasteiger partial charge on any atom is -0.493 e. The van der Waals surface area contributed by atoms with E-state index >= 15 is 0 Å². The van der Waals surface area contributed by atoms with Gasteiger partial charge in [0.15, 0.2) is 0 Å². The Labute approximate surface area is 120 Å². The second kappa shape index (κ2) is 7.10. The number of aromatic nitrogens is 2. The Morgan fingerprint density at radius 2 is 2.00 bits per heavy atom. The second-order valence-corrected chi connectivity index (χ2v) is 5.14. The van der Waals surface area contributed by atoms with Crippen molar-refractivity contribution in [2.24, 2.45) is 12.8 Å². The molecule has 2 N–H and O–H groups in total. The van der Waals surface area contributed by atoms with Crippen LogP contribution in [0.1, 0.15) is 24.5 Å². The van der Waals surface area contributed by atoms with E-state index in [9.17, 15) is 0 Å². The summed E-state index contributed by atoms with van der Waals surface area (Å²) in [6, 6.07) is 8.46. The van der Waals surface area contributed by atoms with Crippen LogP contribution in [0.25, 0.3) is 0 Å². The molecular formula is C16H23N3O. The summed E-state index contributed by atoms with van der Waals surface area (Å²) in [6.07, 6.45) is 6.68. The maximum Gasteiger partial charge on any atom is 0.119 e. The van der Waals surface area contributed by atoms with Crippen LogP contribution < -0.4 is 10.5 Å². The lowest BCUT2D eigenvalue weighted by Crippen LogP contribution is -2.21. The Balaban J connectivity index is 1.78. The van der Waals surface area contributed by atoms with Crippen LogP contribution >= 0.6 is 0 Å². The molecule has 1 aromatic heterocycles. The maximum absolute atomic E-state index is 5.95. The van der Waals surface area contributed by atoms with E-state index in [0.717, 1.165) is 25.0 Å². The summed E-state index contributed by atoms with van der Waals surface area (Å²) in [6.45, 7) is 2.78. The zero-order chi connectivity index (χ0) is 14.4. The zero-order valence-electron chi connectivity index (χ0n) is 12.2. The van der Waals surface area contributed by atoms with Gasteiger partial charge in [-0.2, -0.15) is 5.10 Å². The van der Waals surface area contributed by atoms with E-state index in [1.54, 1.807) is 4.68 Å². The Morgan fingerprint density at radius 3 is 2.60 bits per heavy atom. The van der Waals surface area contributed by atoms with E-state index in [0.29, 0.717) is 6.61 Å². The first-order valence-corrected chi connectivity index (χ1v) is 7.12. The standard InChI is InChI=1S/C16H23N3O/c1-3-15(17)10-13-4-6-16(7-5-13)20-9-8-14-11-18-19(2)12-14/h4-7,11-12,15H,3,8-10,17H2,1-2H3. The zero-order valence-corrected chi connectivity index (χ0v) is 12.2. The Morgan fingerprint density at radius 1 is 1.25 bits per heavy atom. The van der Waals surface area contributed by atoms with E-state index in [1.807, 2.05) is 31.6 Å². The van der Waals surface area contributed by atoms with Crippen LogP contribution in [0.3, 0.4) is 0 Å². The van der Waals surface area contributed by atoms with Gasteiger partial charge in [-0.25, -0.2) is 0 Å². The number of hydrogen-bond donors (Lipinski definition) is 1. The average molecular weight is 273 g/mol. The number of hydrogen-bond acceptors (Lipinski definition) is 3. The summed E-state index contributed by atoms with van der Waals surface area (Å²) in [5.74, 6) is 0.905. The molecule has 0 bridgehead atoms. The smallest absolute Gasteiger partial charge is 0.119 e. The Hall–Kier alpha value is -1.81. The molecule has 1 atom stereocenters. The van der Waals surface area contributed by atoms with Gasteiger partial charge in [-0.3, -0.25) is 4.68 Å². The molecule has 1 unspecified atom stereocenters. The highest BCUT2D eigenvalue weighted by Gasteiger charge is 2.02. The molecule has 1 aromatic carbocycles. The predicted molar refractivity (Wildman–Crippen MR) is 80.8 cm³/mol. The van der Waals surface area contributed by atoms with Gasteiger partial charge in [-0.05, 0) is 36.1 Å². The van der Waals surface area contributed by atoms with Crippen molar-refractivity contribution in [3.8, 4) is 5.75 Å². The van der Waals surface area contributed by atoms with Gasteiger partial charge in [0.2, 0.25) is 0 Å². The summed E-state index contributed by atoms with van der Waals surface area (Å²) in [7, 11) is 1.92. The van der Waals surface area contributed by atoms with E-state index in [2.05, 4.69) is 24.2 Å². The van der Waals surface area contributed by atoms with E-state index in [1.165, 1.54) is 11.1 Å². The minimum atomic E-state index is 0.243. The summed E-state index contributed by atoms with van der Waals surface area (Å²) in [5.41, 5.74) is 8.41. The fraction of sp³-hybridized carbons (Fsp3) is 0.438. The third-order valence-electron chi connectivity index (χ3n) is 3.36. The third-order valence-corrected chi connectivity index (χ3v) is 3.36. The molecule has 0 aliphatic heterocycles. The van der Waals surface area contributed by atoms with Crippen LogP contribution in [0.5, 0.6) is 5.75 Å². The van der Waals surface area contributed by atoms with Crippen LogP contribution in [-0.2, 0) is 19.9 Å². The van der Waals surface area contributed by atoms with Crippen molar-refractivity contribution >= 4 is 0 Å². The molecule has 2 rings (SSSR count). The minimum absolute atomic E-state index is 0.243. The first-order chi connectivity index (χ1) is 9.67. The van der Waals surface area contributed by atoms with Crippen LogP contribution in [0.15, 0.2) is 36.7 Å². The fourth-order valence-corrected chi connectivity index (χ4v) is 2.06. The van der Waals surface area contributed by atoms with Gasteiger partial charge in [-0.1, -0.05) is 19.1 Å². The van der Waals surface area contributed by atoms with Gasteiger partial charge in [0.1, 0.15) is 5.75 Å². The van der Waals surface area contributed by atoms with Crippen molar-refractivity contribution in [1.82, 2.24) is 9.78 Å². The normalized spacial score (nSPS) is 12.3. The first-order valence-electron chi connectivity index (χ1n) is 7.12. The fourth-order valence-electron chi connectivity index (χ4n) is 2.06. The lowest BCUT2D eigenvalue weighted by molar-refractivity contribution is 0.322. The molecule has 20 heavy (non-hydrogen) atoms. The number of ether oxygens (including phenoxy) is 1. The van der Waals surface area contributed by atoms with Crippen molar-refractivity contribution in [1.29, 1.82) is 0 Å². The van der Waals surface area contributed by atoms with Crippen molar-refractivity contribution < 1.29 is 4.74 Å². The molecule has 108 valence electrons. The number of nitrogens with zero attached hydrogens (tertiary/aromatic N) is 2. The summed E-state index contributed by atoms with van der Waals surface area (Å²) < 4.78 is 7.54. The number of nitrogens with two attached hydrogens (primary N) is 1. The van der Waals surface area contributed by atoms with Crippen molar-refractivity contribution in [3.63, 3.8) is 0 Å². The lowest BCUT2D eigenvalue weighted by Gasteiger charge is -2.10. The molecule has 0 spiro atoms. The third kappa shape index (κ3) is 4.38. The van der Waals surface area contributed by atoms with Crippen molar-refractivity contribution in [2.75, 3.05) is 6.61 Å². The molecule has 0 aliphatic carbocycles. The van der Waals surface area contributed by atoms with Crippen LogP contribution in [0.4, 0.5) is 0 Å². The molecular weight excluding hydrogens is 250 g/mol. The van der Waals surface area contributed by atoms with Crippen LogP contribution in [0, 0.1) is 0 Å². The predicted octanol–water partition coefficient (Wildman–Crippen LogP) is 2.32. The molecule has 2 aromatic rings. The number of aryl methyl sites for hydroxylation is 1. The molecule has 4 nitrogen and oxygen atoms in total. The van der Waals surface area contributed by atoms with Gasteiger partial charge in [-0.15, -0.1) is 0 Å². The first kappa shape index (κ1) is 14.6. The molecule has 0 amide bonds.